The van der Waals surface area contributed by atoms with Gasteiger partial charge in [-0.15, -0.1) is 11.3 Å². The van der Waals surface area contributed by atoms with Gasteiger partial charge in [-0.2, -0.15) is 0 Å². The molecule has 1 atom stereocenters. The first-order valence-electron chi connectivity index (χ1n) is 5.72. The van der Waals surface area contributed by atoms with E-state index >= 15 is 0 Å². The molecular formula is C15H9Br2IS. The van der Waals surface area contributed by atoms with Gasteiger partial charge in [-0.05, 0) is 78.6 Å². The average Bonchev–Trinajstić information content (AvgIpc) is 2.83. The fourth-order valence-corrected chi connectivity index (χ4v) is 5.14. The van der Waals surface area contributed by atoms with Crippen LogP contribution in [0.5, 0.6) is 0 Å². The standard InChI is InChI=1S/C15H9Br2IS/c16-13-6-2-5-11-12(8-19-15(11)13)14(17)9-3-1-4-10(18)7-9/h1-8,14H. The Balaban J connectivity index is 2.12. The third kappa shape index (κ3) is 2.77. The van der Waals surface area contributed by atoms with Crippen molar-refractivity contribution < 1.29 is 0 Å². The number of alkyl halides is 1. The molecule has 1 aromatic heterocycles. The molecule has 0 bridgehead atoms. The first-order valence-corrected chi connectivity index (χ1v) is 9.38. The molecule has 0 aliphatic rings. The van der Waals surface area contributed by atoms with Gasteiger partial charge in [0.05, 0.1) is 4.83 Å². The van der Waals surface area contributed by atoms with E-state index in [-0.39, 0.29) is 4.83 Å². The Kier molecular flexibility index (Phi) is 4.31. The molecule has 3 rings (SSSR count). The van der Waals surface area contributed by atoms with E-state index in [0.29, 0.717) is 0 Å². The van der Waals surface area contributed by atoms with Crippen molar-refractivity contribution in [2.24, 2.45) is 0 Å². The van der Waals surface area contributed by atoms with Crippen LogP contribution in [0.15, 0.2) is 52.3 Å². The van der Waals surface area contributed by atoms with Gasteiger partial charge in [0.25, 0.3) is 0 Å². The van der Waals surface area contributed by atoms with Gasteiger partial charge in [-0.1, -0.05) is 40.2 Å². The Morgan fingerprint density at radius 1 is 1.11 bits per heavy atom. The topological polar surface area (TPSA) is 0 Å². The van der Waals surface area contributed by atoms with Crippen LogP contribution in [0, 0.1) is 3.57 Å². The maximum Gasteiger partial charge on any atom is 0.0659 e. The molecule has 0 saturated carbocycles. The third-order valence-corrected chi connectivity index (χ3v) is 6.66. The molecule has 0 saturated heterocycles. The summed E-state index contributed by atoms with van der Waals surface area (Å²) in [6.07, 6.45) is 0. The van der Waals surface area contributed by atoms with Gasteiger partial charge in [0.15, 0.2) is 0 Å². The van der Waals surface area contributed by atoms with Crippen LogP contribution in [0.4, 0.5) is 0 Å². The predicted octanol–water partition coefficient (Wildman–Crippen LogP) is 6.75. The van der Waals surface area contributed by atoms with E-state index in [1.165, 1.54) is 29.3 Å². The zero-order valence-corrected chi connectivity index (χ0v) is 15.9. The lowest BCUT2D eigenvalue weighted by Crippen LogP contribution is -1.91. The van der Waals surface area contributed by atoms with E-state index in [9.17, 15) is 0 Å². The normalized spacial score (nSPS) is 12.8. The molecule has 0 spiro atoms. The van der Waals surface area contributed by atoms with Gasteiger partial charge in [0, 0.05) is 12.7 Å². The molecule has 0 nitrogen and oxygen atoms in total. The number of hydrogen-bond donors (Lipinski definition) is 0. The van der Waals surface area contributed by atoms with E-state index in [1.54, 1.807) is 11.3 Å². The van der Waals surface area contributed by atoms with Crippen LogP contribution < -0.4 is 0 Å². The van der Waals surface area contributed by atoms with Crippen molar-refractivity contribution in [1.82, 2.24) is 0 Å². The number of thiophene rings is 1. The van der Waals surface area contributed by atoms with Crippen molar-refractivity contribution >= 4 is 75.9 Å². The molecule has 1 unspecified atom stereocenters. The average molecular weight is 508 g/mol. The molecule has 2 aromatic carbocycles. The van der Waals surface area contributed by atoms with Gasteiger partial charge >= 0.3 is 0 Å². The molecule has 1 heterocycles. The highest BCUT2D eigenvalue weighted by Crippen LogP contribution is 2.41. The second-order valence-corrected chi connectivity index (χ2v) is 8.12. The Hall–Kier alpha value is 0.0900. The SMILES string of the molecule is Brc1cccc2c(C(Br)c3cccc(I)c3)csc12. The summed E-state index contributed by atoms with van der Waals surface area (Å²) in [6, 6.07) is 15.0. The summed E-state index contributed by atoms with van der Waals surface area (Å²) in [4.78, 5) is 0.241. The van der Waals surface area contributed by atoms with E-state index in [4.69, 9.17) is 0 Å². The molecule has 4 heteroatoms. The minimum absolute atomic E-state index is 0.241. The number of halogens is 3. The van der Waals surface area contributed by atoms with Crippen LogP contribution in [0.3, 0.4) is 0 Å². The quantitative estimate of drug-likeness (QED) is 0.266. The van der Waals surface area contributed by atoms with Crippen molar-refractivity contribution in [3.8, 4) is 0 Å². The number of hydrogen-bond acceptors (Lipinski definition) is 1. The van der Waals surface area contributed by atoms with Gasteiger partial charge in [-0.25, -0.2) is 0 Å². The van der Waals surface area contributed by atoms with Crippen LogP contribution >= 0.6 is 65.8 Å². The van der Waals surface area contributed by atoms with E-state index in [2.05, 4.69) is 102 Å². The third-order valence-electron chi connectivity index (χ3n) is 3.00. The maximum absolute atomic E-state index is 3.84. The monoisotopic (exact) mass is 506 g/mol. The minimum Gasteiger partial charge on any atom is -0.142 e. The highest BCUT2D eigenvalue weighted by molar-refractivity contribution is 14.1. The highest BCUT2D eigenvalue weighted by Gasteiger charge is 2.16. The zero-order valence-electron chi connectivity index (χ0n) is 9.74. The lowest BCUT2D eigenvalue weighted by atomic mass is 10.0. The lowest BCUT2D eigenvalue weighted by molar-refractivity contribution is 1.20. The second-order valence-electron chi connectivity index (χ2n) is 4.23. The van der Waals surface area contributed by atoms with Crippen molar-refractivity contribution in [2.45, 2.75) is 4.83 Å². The van der Waals surface area contributed by atoms with Crippen molar-refractivity contribution in [3.63, 3.8) is 0 Å². The Morgan fingerprint density at radius 3 is 2.68 bits per heavy atom. The Labute approximate surface area is 146 Å². The smallest absolute Gasteiger partial charge is 0.0659 e. The van der Waals surface area contributed by atoms with Crippen LogP contribution in [-0.2, 0) is 0 Å². The van der Waals surface area contributed by atoms with Gasteiger partial charge in [0.2, 0.25) is 0 Å². The molecule has 0 amide bonds. The van der Waals surface area contributed by atoms with Crippen molar-refractivity contribution in [3.05, 3.63) is 67.0 Å². The molecule has 0 fully saturated rings. The summed E-state index contributed by atoms with van der Waals surface area (Å²) in [6.45, 7) is 0. The van der Waals surface area contributed by atoms with Crippen molar-refractivity contribution in [1.29, 1.82) is 0 Å². The molecular weight excluding hydrogens is 499 g/mol. The maximum atomic E-state index is 3.84. The molecule has 19 heavy (non-hydrogen) atoms. The van der Waals surface area contributed by atoms with Gasteiger partial charge in [0.1, 0.15) is 0 Å². The number of benzene rings is 2. The summed E-state index contributed by atoms with van der Waals surface area (Å²) >= 11 is 11.6. The highest BCUT2D eigenvalue weighted by atomic mass is 127. The fraction of sp³-hybridized carbons (Fsp3) is 0.0667. The number of fused-ring (bicyclic) bond motifs is 1. The summed E-state index contributed by atoms with van der Waals surface area (Å²) in [5.41, 5.74) is 2.63. The van der Waals surface area contributed by atoms with Crippen LogP contribution in [-0.4, -0.2) is 0 Å². The second kappa shape index (κ2) is 5.84. The fourth-order valence-electron chi connectivity index (χ4n) is 2.08. The lowest BCUT2D eigenvalue weighted by Gasteiger charge is -2.10. The summed E-state index contributed by atoms with van der Waals surface area (Å²) < 4.78 is 3.75. The molecule has 0 radical (unpaired) electrons. The van der Waals surface area contributed by atoms with Crippen LogP contribution in [0.2, 0.25) is 0 Å². The Bertz CT molecular complexity index is 736. The largest absolute Gasteiger partial charge is 0.142 e. The van der Waals surface area contributed by atoms with Gasteiger partial charge in [-0.3, -0.25) is 0 Å². The van der Waals surface area contributed by atoms with E-state index in [1.807, 2.05) is 0 Å². The minimum atomic E-state index is 0.241. The summed E-state index contributed by atoms with van der Waals surface area (Å²) in [5.74, 6) is 0. The van der Waals surface area contributed by atoms with Crippen LogP contribution in [0.25, 0.3) is 10.1 Å². The van der Waals surface area contributed by atoms with Crippen molar-refractivity contribution in [2.75, 3.05) is 0 Å². The molecule has 96 valence electrons. The van der Waals surface area contributed by atoms with E-state index in [0.717, 1.165) is 0 Å². The predicted molar refractivity (Wildman–Crippen MR) is 99.5 cm³/mol. The molecule has 0 aliphatic heterocycles. The summed E-state index contributed by atoms with van der Waals surface area (Å²) in [7, 11) is 0. The van der Waals surface area contributed by atoms with Crippen LogP contribution in [0.1, 0.15) is 16.0 Å². The first kappa shape index (κ1) is 14.0. The molecule has 0 aliphatic carbocycles. The number of rotatable bonds is 2. The summed E-state index contributed by atoms with van der Waals surface area (Å²) in [5, 5.41) is 3.56. The Morgan fingerprint density at radius 2 is 1.89 bits per heavy atom. The zero-order chi connectivity index (χ0) is 13.4. The molecule has 0 N–H and O–H groups in total. The van der Waals surface area contributed by atoms with E-state index < -0.39 is 0 Å². The van der Waals surface area contributed by atoms with Gasteiger partial charge < -0.3 is 0 Å². The first-order chi connectivity index (χ1) is 9.16. The molecule has 3 aromatic rings.